The maximum atomic E-state index is 12.5. The van der Waals surface area contributed by atoms with Gasteiger partial charge >= 0.3 is 6.18 Å². The molecule has 0 spiro atoms. The maximum Gasteiger partial charge on any atom is 0.391 e. The number of carbonyl (C=O) groups is 1. The predicted octanol–water partition coefficient (Wildman–Crippen LogP) is 4.34. The summed E-state index contributed by atoms with van der Waals surface area (Å²) < 4.78 is 38.7. The Morgan fingerprint density at radius 3 is 2.50 bits per heavy atom. The lowest BCUT2D eigenvalue weighted by Gasteiger charge is -2.21. The van der Waals surface area contributed by atoms with E-state index >= 15 is 0 Å². The monoisotopic (exact) mass is 387 g/mol. The normalized spacial score (nSPS) is 13.2. The summed E-state index contributed by atoms with van der Waals surface area (Å²) in [6.45, 7) is 1.19. The number of nitrogens with one attached hydrogen (secondary N) is 1. The minimum absolute atomic E-state index is 0.386. The van der Waals surface area contributed by atoms with Gasteiger partial charge in [-0.3, -0.25) is 4.79 Å². The topological polar surface area (TPSA) is 29.1 Å². The third-order valence-electron chi connectivity index (χ3n) is 2.15. The van der Waals surface area contributed by atoms with E-state index in [1.165, 1.54) is 6.92 Å². The number of benzene rings is 1. The molecule has 0 aliphatic heterocycles. The molecule has 0 heterocycles. The molecule has 0 saturated carbocycles. The van der Waals surface area contributed by atoms with Crippen molar-refractivity contribution in [3.8, 4) is 0 Å². The van der Waals surface area contributed by atoms with Gasteiger partial charge in [-0.25, -0.2) is 0 Å². The fraction of sp³-hybridized carbons (Fsp3) is 0.364. The first kappa shape index (κ1) is 15.5. The van der Waals surface area contributed by atoms with Gasteiger partial charge in [-0.2, -0.15) is 13.2 Å². The van der Waals surface area contributed by atoms with Crippen molar-refractivity contribution in [2.24, 2.45) is 0 Å². The largest absolute Gasteiger partial charge is 0.391 e. The smallest absolute Gasteiger partial charge is 0.349 e. The van der Waals surface area contributed by atoms with E-state index in [0.29, 0.717) is 14.5 Å². The van der Waals surface area contributed by atoms with Crippen LogP contribution in [0.15, 0.2) is 27.1 Å². The zero-order valence-electron chi connectivity index (χ0n) is 9.31. The molecule has 100 valence electrons. The lowest BCUT2D eigenvalue weighted by Crippen LogP contribution is -2.30. The van der Waals surface area contributed by atoms with Crippen LogP contribution in [0.5, 0.6) is 0 Å². The Bertz CT molecular complexity index is 448. The fourth-order valence-corrected chi connectivity index (χ4v) is 2.40. The number of rotatable bonds is 3. The molecule has 1 N–H and O–H groups in total. The van der Waals surface area contributed by atoms with Crippen LogP contribution in [0, 0.1) is 0 Å². The molecular weight excluding hydrogens is 379 g/mol. The molecule has 1 rings (SSSR count). The third-order valence-corrected chi connectivity index (χ3v) is 3.36. The summed E-state index contributed by atoms with van der Waals surface area (Å²) in [4.78, 5) is 11.0. The van der Waals surface area contributed by atoms with E-state index in [1.54, 1.807) is 18.2 Å². The molecule has 18 heavy (non-hydrogen) atoms. The first-order chi connectivity index (χ1) is 8.19. The number of alkyl halides is 3. The molecule has 0 saturated heterocycles. The van der Waals surface area contributed by atoms with E-state index in [0.717, 1.165) is 0 Å². The second kappa shape index (κ2) is 6.06. The molecule has 1 aromatic carbocycles. The molecule has 1 aromatic rings. The zero-order valence-corrected chi connectivity index (χ0v) is 12.5. The number of carbonyl (C=O) groups excluding carboxylic acids is 1. The second-order valence-electron chi connectivity index (χ2n) is 3.74. The van der Waals surface area contributed by atoms with E-state index in [1.807, 2.05) is 0 Å². The van der Waals surface area contributed by atoms with Crippen molar-refractivity contribution in [3.63, 3.8) is 0 Å². The minimum atomic E-state index is -4.35. The van der Waals surface area contributed by atoms with Crippen molar-refractivity contribution < 1.29 is 18.0 Å². The van der Waals surface area contributed by atoms with Gasteiger partial charge in [-0.15, -0.1) is 0 Å². The first-order valence-electron chi connectivity index (χ1n) is 4.98. The van der Waals surface area contributed by atoms with Crippen LogP contribution in [-0.4, -0.2) is 12.1 Å². The highest BCUT2D eigenvalue weighted by molar-refractivity contribution is 9.11. The highest BCUT2D eigenvalue weighted by Gasteiger charge is 2.33. The van der Waals surface area contributed by atoms with Gasteiger partial charge < -0.3 is 5.32 Å². The minimum Gasteiger partial charge on any atom is -0.349 e. The van der Waals surface area contributed by atoms with Gasteiger partial charge in [0.05, 0.1) is 12.5 Å². The molecule has 7 heteroatoms. The Hall–Kier alpha value is -0.560. The van der Waals surface area contributed by atoms with Gasteiger partial charge in [-0.05, 0) is 23.8 Å². The number of hydrogen-bond donors (Lipinski definition) is 1. The number of hydrogen-bond acceptors (Lipinski definition) is 1. The molecular formula is C11H10Br2F3NO. The van der Waals surface area contributed by atoms with Crippen LogP contribution >= 0.6 is 31.9 Å². The molecule has 0 bridgehead atoms. The Morgan fingerprint density at radius 2 is 2.00 bits per heavy atom. The summed E-state index contributed by atoms with van der Waals surface area (Å²) in [6.07, 6.45) is -5.46. The highest BCUT2D eigenvalue weighted by Crippen LogP contribution is 2.34. The van der Waals surface area contributed by atoms with Crippen LogP contribution in [0.2, 0.25) is 0 Å². The predicted molar refractivity (Wildman–Crippen MR) is 69.1 cm³/mol. The Balaban J connectivity index is 3.08. The average molecular weight is 389 g/mol. The Labute approximate surface area is 119 Å². The lowest BCUT2D eigenvalue weighted by atomic mass is 10.0. The average Bonchev–Trinajstić information content (AvgIpc) is 2.18. The second-order valence-corrected chi connectivity index (χ2v) is 5.51. The van der Waals surface area contributed by atoms with E-state index in [4.69, 9.17) is 0 Å². The van der Waals surface area contributed by atoms with Crippen LogP contribution in [0.1, 0.15) is 24.9 Å². The molecule has 2 nitrogen and oxygen atoms in total. The summed E-state index contributed by atoms with van der Waals surface area (Å²) in [5.74, 6) is -0.504. The van der Waals surface area contributed by atoms with Crippen LogP contribution in [0.3, 0.4) is 0 Å². The third kappa shape index (κ3) is 4.97. The molecule has 0 aliphatic rings. The van der Waals surface area contributed by atoms with Crippen molar-refractivity contribution in [1.29, 1.82) is 0 Å². The molecule has 0 fully saturated rings. The van der Waals surface area contributed by atoms with Gasteiger partial charge in [0.15, 0.2) is 0 Å². The van der Waals surface area contributed by atoms with Gasteiger partial charge in [0, 0.05) is 15.9 Å². The first-order valence-corrected chi connectivity index (χ1v) is 6.56. The maximum absolute atomic E-state index is 12.5. The zero-order chi connectivity index (χ0) is 13.9. The summed E-state index contributed by atoms with van der Waals surface area (Å²) in [7, 11) is 0. The Morgan fingerprint density at radius 1 is 1.39 bits per heavy atom. The molecule has 1 atom stereocenters. The van der Waals surface area contributed by atoms with E-state index in [9.17, 15) is 18.0 Å². The van der Waals surface area contributed by atoms with Crippen LogP contribution in [0.4, 0.5) is 13.2 Å². The molecule has 0 aliphatic carbocycles. The van der Waals surface area contributed by atoms with Gasteiger partial charge in [0.2, 0.25) is 5.91 Å². The summed E-state index contributed by atoms with van der Waals surface area (Å²) in [6, 6.07) is 3.78. The standard InChI is InChI=1S/C11H10Br2F3NO/c1-6(18)17-10(5-11(14,15)16)8-4-7(12)2-3-9(8)13/h2-4,10H,5H2,1H3,(H,17,18). The van der Waals surface area contributed by atoms with Crippen LogP contribution in [0.25, 0.3) is 0 Å². The van der Waals surface area contributed by atoms with Crippen molar-refractivity contribution >= 4 is 37.8 Å². The van der Waals surface area contributed by atoms with Crippen molar-refractivity contribution in [2.75, 3.05) is 0 Å². The van der Waals surface area contributed by atoms with Gasteiger partial charge in [-0.1, -0.05) is 31.9 Å². The van der Waals surface area contributed by atoms with Crippen molar-refractivity contribution in [1.82, 2.24) is 5.32 Å². The molecule has 1 amide bonds. The highest BCUT2D eigenvalue weighted by atomic mass is 79.9. The van der Waals surface area contributed by atoms with E-state index in [-0.39, 0.29) is 0 Å². The van der Waals surface area contributed by atoms with E-state index in [2.05, 4.69) is 37.2 Å². The van der Waals surface area contributed by atoms with Crippen LogP contribution in [-0.2, 0) is 4.79 Å². The van der Waals surface area contributed by atoms with Gasteiger partial charge in [0.1, 0.15) is 0 Å². The summed E-state index contributed by atoms with van der Waals surface area (Å²) in [5.41, 5.74) is 0.386. The molecule has 1 unspecified atom stereocenters. The van der Waals surface area contributed by atoms with Crippen molar-refractivity contribution in [2.45, 2.75) is 25.6 Å². The summed E-state index contributed by atoms with van der Waals surface area (Å²) >= 11 is 6.38. The molecule has 0 aromatic heterocycles. The van der Waals surface area contributed by atoms with Crippen molar-refractivity contribution in [3.05, 3.63) is 32.7 Å². The SMILES string of the molecule is CC(=O)NC(CC(F)(F)F)c1cc(Br)ccc1Br. The number of amides is 1. The number of halogens is 5. The summed E-state index contributed by atoms with van der Waals surface area (Å²) in [5, 5.41) is 2.31. The molecule has 0 radical (unpaired) electrons. The van der Waals surface area contributed by atoms with Crippen LogP contribution < -0.4 is 5.32 Å². The van der Waals surface area contributed by atoms with E-state index < -0.39 is 24.5 Å². The fourth-order valence-electron chi connectivity index (χ4n) is 1.50. The quantitative estimate of drug-likeness (QED) is 0.819. The Kier molecular flexibility index (Phi) is 5.21. The van der Waals surface area contributed by atoms with Gasteiger partial charge in [0.25, 0.3) is 0 Å². The lowest BCUT2D eigenvalue weighted by molar-refractivity contribution is -0.142.